The van der Waals surface area contributed by atoms with E-state index in [1.54, 1.807) is 19.4 Å². The molecule has 0 aliphatic carbocycles. The largest absolute Gasteiger partial charge is 0.496 e. The first-order valence-corrected chi connectivity index (χ1v) is 8.31. The van der Waals surface area contributed by atoms with Gasteiger partial charge in [0.25, 0.3) is 5.56 Å². The fraction of sp³-hybridized carbons (Fsp3) is 0.235. The standard InChI is InChI=1S/C17H16N2O4S/c1-3-23-17(21)11-9-24-16-14(11)15(20)18-13(19-16)8-10-6-4-5-7-12(10)22-2/h4-7,9H,3,8H2,1-2H3,(H,18,19,20). The number of nitrogens with one attached hydrogen (secondary N) is 1. The SMILES string of the molecule is CCOC(=O)c1csc2nc(Cc3ccccc3OC)[nH]c(=O)c12. The molecule has 0 atom stereocenters. The molecule has 6 nitrogen and oxygen atoms in total. The van der Waals surface area contributed by atoms with Crippen LogP contribution < -0.4 is 10.3 Å². The molecule has 2 heterocycles. The molecule has 0 saturated heterocycles. The van der Waals surface area contributed by atoms with Crippen LogP contribution in [0.25, 0.3) is 10.2 Å². The first-order valence-electron chi connectivity index (χ1n) is 7.43. The topological polar surface area (TPSA) is 81.3 Å². The van der Waals surface area contributed by atoms with E-state index in [4.69, 9.17) is 9.47 Å². The van der Waals surface area contributed by atoms with Crippen molar-refractivity contribution in [3.63, 3.8) is 0 Å². The summed E-state index contributed by atoms with van der Waals surface area (Å²) in [5, 5.41) is 1.89. The van der Waals surface area contributed by atoms with Gasteiger partial charge < -0.3 is 14.5 Å². The lowest BCUT2D eigenvalue weighted by Crippen LogP contribution is -2.14. The average molecular weight is 344 g/mol. The molecule has 0 spiro atoms. The molecule has 0 bridgehead atoms. The van der Waals surface area contributed by atoms with E-state index in [0.29, 0.717) is 17.1 Å². The lowest BCUT2D eigenvalue weighted by molar-refractivity contribution is 0.0529. The Labute approximate surface area is 142 Å². The van der Waals surface area contributed by atoms with Crippen molar-refractivity contribution in [2.45, 2.75) is 13.3 Å². The van der Waals surface area contributed by atoms with Crippen LogP contribution in [-0.2, 0) is 11.2 Å². The zero-order chi connectivity index (χ0) is 17.1. The number of aromatic amines is 1. The molecule has 0 aliphatic rings. The molecule has 2 aromatic heterocycles. The van der Waals surface area contributed by atoms with Crippen molar-refractivity contribution in [3.8, 4) is 5.75 Å². The lowest BCUT2D eigenvalue weighted by Gasteiger charge is -2.07. The number of rotatable bonds is 5. The number of H-pyrrole nitrogens is 1. The quantitative estimate of drug-likeness (QED) is 0.720. The molecule has 124 valence electrons. The van der Waals surface area contributed by atoms with Crippen molar-refractivity contribution < 1.29 is 14.3 Å². The van der Waals surface area contributed by atoms with Gasteiger partial charge in [-0.15, -0.1) is 11.3 Å². The summed E-state index contributed by atoms with van der Waals surface area (Å²) in [5.74, 6) is 0.751. The number of thiophene rings is 1. The fourth-order valence-corrected chi connectivity index (χ4v) is 3.39. The van der Waals surface area contributed by atoms with E-state index in [0.717, 1.165) is 11.3 Å². The van der Waals surface area contributed by atoms with E-state index in [-0.39, 0.29) is 23.1 Å². The molecule has 0 aliphatic heterocycles. The number of methoxy groups -OCH3 is 1. The van der Waals surface area contributed by atoms with Crippen molar-refractivity contribution >= 4 is 27.5 Å². The number of para-hydroxylation sites is 1. The summed E-state index contributed by atoms with van der Waals surface area (Å²) in [6.45, 7) is 1.98. The van der Waals surface area contributed by atoms with Crippen LogP contribution in [0, 0.1) is 0 Å². The molecule has 0 fully saturated rings. The Morgan fingerprint density at radius 1 is 1.33 bits per heavy atom. The van der Waals surface area contributed by atoms with Crippen LogP contribution in [-0.4, -0.2) is 29.7 Å². The number of aromatic nitrogens is 2. The molecular weight excluding hydrogens is 328 g/mol. The summed E-state index contributed by atoms with van der Waals surface area (Å²) in [6.07, 6.45) is 0.432. The van der Waals surface area contributed by atoms with Crippen molar-refractivity contribution in [2.24, 2.45) is 0 Å². The maximum absolute atomic E-state index is 12.4. The Kier molecular flexibility index (Phi) is 4.61. The summed E-state index contributed by atoms with van der Waals surface area (Å²) in [7, 11) is 1.60. The molecule has 1 aromatic carbocycles. The molecule has 0 amide bonds. The minimum absolute atomic E-state index is 0.257. The van der Waals surface area contributed by atoms with Gasteiger partial charge in [-0.1, -0.05) is 18.2 Å². The van der Waals surface area contributed by atoms with Gasteiger partial charge in [-0.2, -0.15) is 0 Å². The van der Waals surface area contributed by atoms with Crippen LogP contribution in [0.2, 0.25) is 0 Å². The normalized spacial score (nSPS) is 10.8. The van der Waals surface area contributed by atoms with E-state index in [9.17, 15) is 9.59 Å². The van der Waals surface area contributed by atoms with Crippen molar-refractivity contribution in [1.82, 2.24) is 9.97 Å². The molecule has 0 unspecified atom stereocenters. The first-order chi connectivity index (χ1) is 11.6. The number of fused-ring (bicyclic) bond motifs is 1. The Morgan fingerprint density at radius 3 is 2.88 bits per heavy atom. The number of benzene rings is 1. The van der Waals surface area contributed by atoms with Gasteiger partial charge in [0.05, 0.1) is 24.7 Å². The maximum atomic E-state index is 12.4. The molecule has 7 heteroatoms. The van der Waals surface area contributed by atoms with Gasteiger partial charge in [0.1, 0.15) is 16.4 Å². The van der Waals surface area contributed by atoms with Gasteiger partial charge in [0.2, 0.25) is 0 Å². The third kappa shape index (κ3) is 3.03. The average Bonchev–Trinajstić information content (AvgIpc) is 3.00. The number of esters is 1. The maximum Gasteiger partial charge on any atom is 0.339 e. The summed E-state index contributed by atoms with van der Waals surface area (Å²) in [5.41, 5.74) is 0.841. The second kappa shape index (κ2) is 6.84. The predicted molar refractivity (Wildman–Crippen MR) is 92.0 cm³/mol. The van der Waals surface area contributed by atoms with Crippen LogP contribution in [0.1, 0.15) is 28.7 Å². The molecule has 0 radical (unpaired) electrons. The number of hydrogen-bond acceptors (Lipinski definition) is 6. The highest BCUT2D eigenvalue weighted by Crippen LogP contribution is 2.24. The van der Waals surface area contributed by atoms with E-state index in [1.807, 2.05) is 24.3 Å². The summed E-state index contributed by atoms with van der Waals surface area (Å²) in [6, 6.07) is 7.56. The number of carbonyl (C=O) groups excluding carboxylic acids is 1. The second-order valence-corrected chi connectivity index (χ2v) is 5.91. The van der Waals surface area contributed by atoms with Crippen LogP contribution >= 0.6 is 11.3 Å². The van der Waals surface area contributed by atoms with Crippen LogP contribution in [0.5, 0.6) is 5.75 Å². The van der Waals surface area contributed by atoms with Crippen LogP contribution in [0.15, 0.2) is 34.4 Å². The Balaban J connectivity index is 2.00. The monoisotopic (exact) mass is 344 g/mol. The fourth-order valence-electron chi connectivity index (χ4n) is 2.47. The van der Waals surface area contributed by atoms with Crippen molar-refractivity contribution in [3.05, 3.63) is 57.0 Å². The minimum atomic E-state index is -0.506. The molecule has 1 N–H and O–H groups in total. The number of hydrogen-bond donors (Lipinski definition) is 1. The zero-order valence-electron chi connectivity index (χ0n) is 13.3. The number of nitrogens with zero attached hydrogens (tertiary/aromatic N) is 1. The number of carbonyl (C=O) groups is 1. The van der Waals surface area contributed by atoms with E-state index in [2.05, 4.69) is 9.97 Å². The van der Waals surface area contributed by atoms with Crippen LogP contribution in [0.4, 0.5) is 0 Å². The highest BCUT2D eigenvalue weighted by Gasteiger charge is 2.18. The molecule has 3 aromatic rings. The van der Waals surface area contributed by atoms with Gasteiger partial charge in [0, 0.05) is 17.4 Å². The van der Waals surface area contributed by atoms with Gasteiger partial charge in [-0.05, 0) is 13.0 Å². The Morgan fingerprint density at radius 2 is 2.12 bits per heavy atom. The second-order valence-electron chi connectivity index (χ2n) is 5.05. The third-order valence-electron chi connectivity index (χ3n) is 3.54. The highest BCUT2D eigenvalue weighted by atomic mass is 32.1. The lowest BCUT2D eigenvalue weighted by atomic mass is 10.1. The highest BCUT2D eigenvalue weighted by molar-refractivity contribution is 7.17. The smallest absolute Gasteiger partial charge is 0.339 e. The number of ether oxygens (including phenoxy) is 2. The molecule has 24 heavy (non-hydrogen) atoms. The Bertz CT molecular complexity index is 945. The first kappa shape index (κ1) is 16.2. The predicted octanol–water partition coefficient (Wildman–Crippen LogP) is 2.76. The van der Waals surface area contributed by atoms with Crippen molar-refractivity contribution in [1.29, 1.82) is 0 Å². The van der Waals surface area contributed by atoms with Crippen molar-refractivity contribution in [2.75, 3.05) is 13.7 Å². The summed E-state index contributed by atoms with van der Waals surface area (Å²) < 4.78 is 10.3. The van der Waals surface area contributed by atoms with Gasteiger partial charge in [-0.3, -0.25) is 4.79 Å². The molecule has 0 saturated carbocycles. The van der Waals surface area contributed by atoms with Gasteiger partial charge in [-0.25, -0.2) is 9.78 Å². The summed E-state index contributed by atoms with van der Waals surface area (Å²) >= 11 is 1.25. The third-order valence-corrected chi connectivity index (χ3v) is 4.41. The molecule has 3 rings (SSSR count). The summed E-state index contributed by atoms with van der Waals surface area (Å²) in [4.78, 5) is 32.1. The minimum Gasteiger partial charge on any atom is -0.496 e. The Hall–Kier alpha value is -2.67. The molecular formula is C17H16N2O4S. The van der Waals surface area contributed by atoms with Gasteiger partial charge >= 0.3 is 5.97 Å². The van der Waals surface area contributed by atoms with E-state index >= 15 is 0 Å². The van der Waals surface area contributed by atoms with E-state index < -0.39 is 5.97 Å². The van der Waals surface area contributed by atoms with E-state index in [1.165, 1.54) is 11.3 Å². The van der Waals surface area contributed by atoms with Gasteiger partial charge in [0.15, 0.2) is 0 Å². The van der Waals surface area contributed by atoms with Crippen LogP contribution in [0.3, 0.4) is 0 Å². The zero-order valence-corrected chi connectivity index (χ0v) is 14.1.